The lowest BCUT2D eigenvalue weighted by Gasteiger charge is -1.99. The van der Waals surface area contributed by atoms with Gasteiger partial charge in [0.1, 0.15) is 6.26 Å². The summed E-state index contributed by atoms with van der Waals surface area (Å²) in [4.78, 5) is 8.73. The van der Waals surface area contributed by atoms with Crippen molar-refractivity contribution in [1.82, 2.24) is 14.5 Å². The summed E-state index contributed by atoms with van der Waals surface area (Å²) in [5.41, 5.74) is 4.10. The predicted octanol–water partition coefficient (Wildman–Crippen LogP) is 3.20. The van der Waals surface area contributed by atoms with Gasteiger partial charge in [0.2, 0.25) is 5.89 Å². The Morgan fingerprint density at radius 1 is 1.21 bits per heavy atom. The number of oxazole rings is 1. The van der Waals surface area contributed by atoms with Crippen molar-refractivity contribution in [2.24, 2.45) is 0 Å². The molecule has 4 nitrogen and oxygen atoms in total. The van der Waals surface area contributed by atoms with E-state index in [1.807, 2.05) is 35.9 Å². The van der Waals surface area contributed by atoms with Crippen LogP contribution in [-0.2, 0) is 6.54 Å². The minimum Gasteiger partial charge on any atom is -0.444 e. The molecule has 3 aromatic rings. The molecule has 0 amide bonds. The van der Waals surface area contributed by atoms with E-state index in [-0.39, 0.29) is 0 Å². The van der Waals surface area contributed by atoms with Crippen LogP contribution in [0.15, 0.2) is 47.5 Å². The molecule has 0 bridgehead atoms. The lowest BCUT2D eigenvalue weighted by Crippen LogP contribution is -1.96. The highest BCUT2D eigenvalue weighted by Crippen LogP contribution is 2.22. The fraction of sp³-hybridized carbons (Fsp3) is 0.200. The first-order chi connectivity index (χ1) is 9.22. The molecule has 0 aliphatic heterocycles. The summed E-state index contributed by atoms with van der Waals surface area (Å²) in [5, 5.41) is 0. The fourth-order valence-corrected chi connectivity index (χ4v) is 2.06. The molecule has 4 heteroatoms. The first kappa shape index (κ1) is 11.7. The smallest absolute Gasteiger partial charge is 0.226 e. The van der Waals surface area contributed by atoms with Crippen LogP contribution in [0.2, 0.25) is 0 Å². The van der Waals surface area contributed by atoms with Crippen LogP contribution >= 0.6 is 0 Å². The van der Waals surface area contributed by atoms with Crippen molar-refractivity contribution < 1.29 is 4.42 Å². The molecule has 0 saturated carbocycles. The van der Waals surface area contributed by atoms with Gasteiger partial charge in [-0.1, -0.05) is 18.2 Å². The lowest BCUT2D eigenvalue weighted by molar-refractivity contribution is 0.571. The van der Waals surface area contributed by atoms with Gasteiger partial charge in [-0.25, -0.2) is 9.97 Å². The molecule has 96 valence electrons. The van der Waals surface area contributed by atoms with Crippen molar-refractivity contribution in [2.45, 2.75) is 20.4 Å². The highest BCUT2D eigenvalue weighted by Gasteiger charge is 2.09. The van der Waals surface area contributed by atoms with E-state index in [2.05, 4.69) is 23.0 Å². The number of aromatic nitrogens is 3. The SMILES string of the molecule is Cc1cn(Cc2coc(-c3ccccc3C)n2)cn1. The van der Waals surface area contributed by atoms with Gasteiger partial charge in [0, 0.05) is 11.8 Å². The zero-order chi connectivity index (χ0) is 13.2. The lowest BCUT2D eigenvalue weighted by atomic mass is 10.1. The van der Waals surface area contributed by atoms with Crippen LogP contribution in [-0.4, -0.2) is 14.5 Å². The van der Waals surface area contributed by atoms with Crippen molar-refractivity contribution in [3.8, 4) is 11.5 Å². The van der Waals surface area contributed by atoms with Crippen LogP contribution < -0.4 is 0 Å². The molecule has 3 rings (SSSR count). The Morgan fingerprint density at radius 2 is 2.05 bits per heavy atom. The maximum Gasteiger partial charge on any atom is 0.226 e. The molecule has 0 unspecified atom stereocenters. The van der Waals surface area contributed by atoms with Crippen LogP contribution in [0.1, 0.15) is 17.0 Å². The molecular weight excluding hydrogens is 238 g/mol. The summed E-state index contributed by atoms with van der Waals surface area (Å²) in [5.74, 6) is 0.671. The quantitative estimate of drug-likeness (QED) is 0.720. The molecule has 2 heterocycles. The Labute approximate surface area is 111 Å². The Hall–Kier alpha value is -2.36. The van der Waals surface area contributed by atoms with E-state index in [4.69, 9.17) is 4.42 Å². The van der Waals surface area contributed by atoms with Crippen LogP contribution in [0, 0.1) is 13.8 Å². The average molecular weight is 253 g/mol. The zero-order valence-corrected chi connectivity index (χ0v) is 11.0. The van der Waals surface area contributed by atoms with E-state index in [1.165, 1.54) is 0 Å². The van der Waals surface area contributed by atoms with E-state index in [9.17, 15) is 0 Å². The number of hydrogen-bond donors (Lipinski definition) is 0. The molecule has 0 fully saturated rings. The van der Waals surface area contributed by atoms with Gasteiger partial charge < -0.3 is 8.98 Å². The zero-order valence-electron chi connectivity index (χ0n) is 11.0. The van der Waals surface area contributed by atoms with E-state index >= 15 is 0 Å². The van der Waals surface area contributed by atoms with Crippen molar-refractivity contribution in [3.63, 3.8) is 0 Å². The summed E-state index contributed by atoms with van der Waals surface area (Å²) < 4.78 is 7.56. The topological polar surface area (TPSA) is 43.9 Å². The third-order valence-electron chi connectivity index (χ3n) is 3.03. The molecule has 0 N–H and O–H groups in total. The van der Waals surface area contributed by atoms with Gasteiger partial charge in [-0.05, 0) is 25.5 Å². The summed E-state index contributed by atoms with van der Waals surface area (Å²) in [6.45, 7) is 4.70. The largest absolute Gasteiger partial charge is 0.444 e. The second kappa shape index (κ2) is 4.72. The van der Waals surface area contributed by atoms with Crippen molar-refractivity contribution >= 4 is 0 Å². The van der Waals surface area contributed by atoms with Crippen molar-refractivity contribution in [3.05, 3.63) is 60.0 Å². The van der Waals surface area contributed by atoms with E-state index in [0.29, 0.717) is 12.4 Å². The van der Waals surface area contributed by atoms with Gasteiger partial charge in [0.15, 0.2) is 0 Å². The first-order valence-corrected chi connectivity index (χ1v) is 6.21. The Bertz CT molecular complexity index is 697. The predicted molar refractivity (Wildman–Crippen MR) is 72.7 cm³/mol. The molecular formula is C15H15N3O. The number of rotatable bonds is 3. The summed E-state index contributed by atoms with van der Waals surface area (Å²) in [6, 6.07) is 8.08. The van der Waals surface area contributed by atoms with Gasteiger partial charge >= 0.3 is 0 Å². The molecule has 1 aromatic carbocycles. The molecule has 0 aliphatic carbocycles. The second-order valence-corrected chi connectivity index (χ2v) is 4.65. The Morgan fingerprint density at radius 3 is 2.79 bits per heavy atom. The highest BCUT2D eigenvalue weighted by atomic mass is 16.3. The van der Waals surface area contributed by atoms with E-state index in [1.54, 1.807) is 12.6 Å². The van der Waals surface area contributed by atoms with Crippen LogP contribution in [0.25, 0.3) is 11.5 Å². The molecule has 0 spiro atoms. The van der Waals surface area contributed by atoms with E-state index < -0.39 is 0 Å². The van der Waals surface area contributed by atoms with Gasteiger partial charge in [0.25, 0.3) is 0 Å². The summed E-state index contributed by atoms with van der Waals surface area (Å²) in [7, 11) is 0. The van der Waals surface area contributed by atoms with Gasteiger partial charge in [-0.15, -0.1) is 0 Å². The van der Waals surface area contributed by atoms with Gasteiger partial charge in [-0.2, -0.15) is 0 Å². The van der Waals surface area contributed by atoms with Gasteiger partial charge in [-0.3, -0.25) is 0 Å². The van der Waals surface area contributed by atoms with E-state index in [0.717, 1.165) is 22.5 Å². The molecule has 0 atom stereocenters. The standard InChI is InChI=1S/C15H15N3O/c1-11-5-3-4-6-14(11)15-17-13(9-19-15)8-18-7-12(2)16-10-18/h3-7,9-10H,8H2,1-2H3. The third-order valence-corrected chi connectivity index (χ3v) is 3.03. The van der Waals surface area contributed by atoms with Crippen molar-refractivity contribution in [2.75, 3.05) is 0 Å². The van der Waals surface area contributed by atoms with Crippen molar-refractivity contribution in [1.29, 1.82) is 0 Å². The highest BCUT2D eigenvalue weighted by molar-refractivity contribution is 5.58. The Kier molecular flexibility index (Phi) is 2.91. The number of benzene rings is 1. The molecule has 0 radical (unpaired) electrons. The van der Waals surface area contributed by atoms with Gasteiger partial charge in [0.05, 0.1) is 24.3 Å². The van der Waals surface area contributed by atoms with Crippen LogP contribution in [0.4, 0.5) is 0 Å². The van der Waals surface area contributed by atoms with Crippen LogP contribution in [0.3, 0.4) is 0 Å². The Balaban J connectivity index is 1.86. The van der Waals surface area contributed by atoms with Crippen LogP contribution in [0.5, 0.6) is 0 Å². The maximum atomic E-state index is 5.57. The summed E-state index contributed by atoms with van der Waals surface area (Å²) >= 11 is 0. The number of imidazole rings is 1. The molecule has 2 aromatic heterocycles. The minimum atomic E-state index is 0.671. The molecule has 19 heavy (non-hydrogen) atoms. The summed E-state index contributed by atoms with van der Waals surface area (Å²) in [6.07, 6.45) is 5.50. The second-order valence-electron chi connectivity index (χ2n) is 4.65. The average Bonchev–Trinajstić information content (AvgIpc) is 3.00. The minimum absolute atomic E-state index is 0.671. The monoisotopic (exact) mass is 253 g/mol. The third kappa shape index (κ3) is 2.42. The number of aryl methyl sites for hydroxylation is 2. The molecule has 0 aliphatic rings. The maximum absolute atomic E-state index is 5.57. The first-order valence-electron chi connectivity index (χ1n) is 6.21. The normalized spacial score (nSPS) is 10.8. The number of nitrogens with zero attached hydrogens (tertiary/aromatic N) is 3. The molecule has 0 saturated heterocycles. The fourth-order valence-electron chi connectivity index (χ4n) is 2.06. The number of hydrogen-bond acceptors (Lipinski definition) is 3.